The Labute approximate surface area is 223 Å². The highest BCUT2D eigenvalue weighted by Gasteiger charge is 2.23. The van der Waals surface area contributed by atoms with Crippen LogP contribution in [0.4, 0.5) is 18.9 Å². The van der Waals surface area contributed by atoms with E-state index in [2.05, 4.69) is 10.0 Å². The lowest BCUT2D eigenvalue weighted by molar-refractivity contribution is 0.0261. The van der Waals surface area contributed by atoms with Crippen molar-refractivity contribution in [2.24, 2.45) is 0 Å². The van der Waals surface area contributed by atoms with E-state index >= 15 is 0 Å². The average Bonchev–Trinajstić information content (AvgIpc) is 2.82. The predicted octanol–water partition coefficient (Wildman–Crippen LogP) is 5.48. The number of hydrogen-bond donors (Lipinski definition) is 3. The fourth-order valence-electron chi connectivity index (χ4n) is 3.59. The van der Waals surface area contributed by atoms with Crippen molar-refractivity contribution in [2.45, 2.75) is 31.6 Å². The van der Waals surface area contributed by atoms with E-state index in [-0.39, 0.29) is 23.6 Å². The smallest absolute Gasteiger partial charge is 0.229 e. The van der Waals surface area contributed by atoms with Gasteiger partial charge in [0.15, 0.2) is 23.7 Å². The van der Waals surface area contributed by atoms with E-state index in [0.29, 0.717) is 22.0 Å². The van der Waals surface area contributed by atoms with Crippen molar-refractivity contribution in [2.75, 3.05) is 17.5 Å². The van der Waals surface area contributed by atoms with Gasteiger partial charge in [-0.15, -0.1) is 0 Å². The van der Waals surface area contributed by atoms with Crippen molar-refractivity contribution in [1.82, 2.24) is 5.32 Å². The lowest BCUT2D eigenvalue weighted by atomic mass is 9.91. The molecule has 0 fully saturated rings. The summed E-state index contributed by atoms with van der Waals surface area (Å²) in [5, 5.41) is 13.9. The molecule has 3 aromatic rings. The van der Waals surface area contributed by atoms with Crippen molar-refractivity contribution in [3.05, 3.63) is 93.2 Å². The molecule has 0 radical (unpaired) electrons. The van der Waals surface area contributed by atoms with Crippen LogP contribution in [0.2, 0.25) is 10.0 Å². The lowest BCUT2D eigenvalue weighted by Gasteiger charge is -2.26. The topological polar surface area (TPSA) is 87.7 Å². The monoisotopic (exact) mass is 576 g/mol. The van der Waals surface area contributed by atoms with Crippen molar-refractivity contribution in [3.63, 3.8) is 0 Å². The molecule has 0 heterocycles. The van der Waals surface area contributed by atoms with Crippen LogP contribution in [0, 0.1) is 17.5 Å². The van der Waals surface area contributed by atoms with Crippen LogP contribution in [0.1, 0.15) is 24.0 Å². The maximum atomic E-state index is 14.4. The molecule has 0 aromatic heterocycles. The van der Waals surface area contributed by atoms with Crippen LogP contribution in [0.25, 0.3) is 0 Å². The molecule has 0 aliphatic heterocycles. The predicted molar refractivity (Wildman–Crippen MR) is 138 cm³/mol. The zero-order valence-electron chi connectivity index (χ0n) is 19.8. The van der Waals surface area contributed by atoms with Gasteiger partial charge in [-0.1, -0.05) is 35.3 Å². The number of halogens is 5. The molecule has 200 valence electrons. The Morgan fingerprint density at radius 2 is 1.65 bits per heavy atom. The molecule has 6 nitrogen and oxygen atoms in total. The van der Waals surface area contributed by atoms with E-state index < -0.39 is 45.7 Å². The first-order chi connectivity index (χ1) is 17.3. The highest BCUT2D eigenvalue weighted by Crippen LogP contribution is 2.30. The molecule has 3 rings (SSSR count). The summed E-state index contributed by atoms with van der Waals surface area (Å²) in [5.41, 5.74) is 0.941. The molecule has 3 atom stereocenters. The van der Waals surface area contributed by atoms with E-state index in [0.717, 1.165) is 12.3 Å². The molecule has 0 saturated heterocycles. The average molecular weight is 577 g/mol. The number of benzene rings is 3. The van der Waals surface area contributed by atoms with Gasteiger partial charge < -0.3 is 9.84 Å². The van der Waals surface area contributed by atoms with Gasteiger partial charge in [0.1, 0.15) is 11.9 Å². The first-order valence-electron chi connectivity index (χ1n) is 11.1. The van der Waals surface area contributed by atoms with Crippen LogP contribution in [-0.2, 0) is 16.4 Å². The first kappa shape index (κ1) is 29.1. The third-order valence-corrected chi connectivity index (χ3v) is 6.77. The van der Waals surface area contributed by atoms with Crippen LogP contribution >= 0.6 is 23.2 Å². The molecular formula is C25H25Cl2F3N2O4S. The molecule has 0 bridgehead atoms. The Morgan fingerprint density at radius 3 is 2.24 bits per heavy atom. The summed E-state index contributed by atoms with van der Waals surface area (Å²) >= 11 is 12.2. The summed E-state index contributed by atoms with van der Waals surface area (Å²) in [6.07, 6.45) is -0.912. The summed E-state index contributed by atoms with van der Waals surface area (Å²) in [6.45, 7) is 1.63. The Kier molecular flexibility index (Phi) is 9.71. The Morgan fingerprint density at radius 1 is 0.973 bits per heavy atom. The van der Waals surface area contributed by atoms with E-state index in [1.165, 1.54) is 37.3 Å². The maximum Gasteiger partial charge on any atom is 0.229 e. The molecular weight excluding hydrogens is 552 g/mol. The fourth-order valence-corrected chi connectivity index (χ4v) is 4.47. The summed E-state index contributed by atoms with van der Waals surface area (Å²) in [4.78, 5) is 0. The van der Waals surface area contributed by atoms with Crippen LogP contribution in [0.3, 0.4) is 0 Å². The van der Waals surface area contributed by atoms with Gasteiger partial charge in [0.2, 0.25) is 10.0 Å². The van der Waals surface area contributed by atoms with Gasteiger partial charge in [0.05, 0.1) is 16.3 Å². The molecule has 3 aromatic carbocycles. The molecule has 3 N–H and O–H groups in total. The Bertz CT molecular complexity index is 1340. The fraction of sp³-hybridized carbons (Fsp3) is 0.280. The molecule has 0 aliphatic rings. The summed E-state index contributed by atoms with van der Waals surface area (Å²) in [6, 6.07) is 12.9. The van der Waals surface area contributed by atoms with Crippen molar-refractivity contribution in [3.8, 4) is 5.75 Å². The quantitative estimate of drug-likeness (QED) is 0.208. The van der Waals surface area contributed by atoms with Crippen molar-refractivity contribution >= 4 is 38.9 Å². The second kappa shape index (κ2) is 12.4. The molecule has 0 aliphatic carbocycles. The molecule has 3 unspecified atom stereocenters. The molecule has 12 heteroatoms. The maximum absolute atomic E-state index is 14.4. The molecule has 0 amide bonds. The number of ether oxygens (including phenoxy) is 1. The van der Waals surface area contributed by atoms with Gasteiger partial charge >= 0.3 is 0 Å². The van der Waals surface area contributed by atoms with E-state index in [4.69, 9.17) is 27.9 Å². The van der Waals surface area contributed by atoms with Gasteiger partial charge in [0.25, 0.3) is 0 Å². The number of aliphatic hydroxyl groups is 1. The minimum Gasteiger partial charge on any atom is -0.473 e. The normalized spacial score (nSPS) is 14.2. The van der Waals surface area contributed by atoms with E-state index in [1.54, 1.807) is 18.2 Å². The summed E-state index contributed by atoms with van der Waals surface area (Å²) in [7, 11) is -3.44. The van der Waals surface area contributed by atoms with Gasteiger partial charge in [0, 0.05) is 18.2 Å². The van der Waals surface area contributed by atoms with Crippen LogP contribution in [0.5, 0.6) is 5.75 Å². The minimum atomic E-state index is -3.44. The highest BCUT2D eigenvalue weighted by molar-refractivity contribution is 7.92. The second-order valence-corrected chi connectivity index (χ2v) is 11.1. The number of aliphatic hydroxyl groups excluding tert-OH is 1. The minimum absolute atomic E-state index is 0.0214. The summed E-state index contributed by atoms with van der Waals surface area (Å²) in [5.74, 6) is -4.28. The number of rotatable bonds is 11. The van der Waals surface area contributed by atoms with Crippen molar-refractivity contribution in [1.29, 1.82) is 0 Å². The lowest BCUT2D eigenvalue weighted by Crippen LogP contribution is -2.45. The van der Waals surface area contributed by atoms with Gasteiger partial charge in [-0.3, -0.25) is 10.0 Å². The van der Waals surface area contributed by atoms with Crippen LogP contribution in [0.15, 0.2) is 54.6 Å². The van der Waals surface area contributed by atoms with Crippen LogP contribution in [-0.4, -0.2) is 38.7 Å². The van der Waals surface area contributed by atoms with E-state index in [1.807, 2.05) is 0 Å². The number of nitrogens with one attached hydrogen (secondary N) is 2. The molecule has 37 heavy (non-hydrogen) atoms. The van der Waals surface area contributed by atoms with Gasteiger partial charge in [-0.05, 0) is 66.9 Å². The third-order valence-electron chi connectivity index (χ3n) is 5.42. The first-order valence-corrected chi connectivity index (χ1v) is 13.7. The largest absolute Gasteiger partial charge is 0.473 e. The van der Waals surface area contributed by atoms with Gasteiger partial charge in [-0.25, -0.2) is 21.6 Å². The number of hydrogen-bond acceptors (Lipinski definition) is 5. The number of sulfonamides is 1. The Balaban J connectivity index is 1.80. The van der Waals surface area contributed by atoms with Crippen molar-refractivity contribution < 1.29 is 31.4 Å². The molecule has 0 spiro atoms. The second-order valence-electron chi connectivity index (χ2n) is 8.49. The van der Waals surface area contributed by atoms with Gasteiger partial charge in [-0.2, -0.15) is 0 Å². The summed E-state index contributed by atoms with van der Waals surface area (Å²) < 4.78 is 72.7. The SMILES string of the molecule is CC(O)C(NCC(Cc1ccc(F)c(F)c1F)c1ccc(Cl)c(Cl)c1)Oc1ccc(NS(C)(=O)=O)cc1. The zero-order chi connectivity index (χ0) is 27.3. The zero-order valence-corrected chi connectivity index (χ0v) is 22.1. The third kappa shape index (κ3) is 8.24. The number of anilines is 1. The Hall–Kier alpha value is -2.50. The highest BCUT2D eigenvalue weighted by atomic mass is 35.5. The molecule has 0 saturated carbocycles. The standard InChI is InChI=1S/C25H25Cl2F3N2O4S/c1-14(33)25(36-19-7-5-18(6-8-19)32-37(2,34)35)31-13-17(15-3-9-20(26)21(27)12-15)11-16-4-10-22(28)24(30)23(16)29/h3-10,12,14,17,25,31-33H,11,13H2,1-2H3. The van der Waals surface area contributed by atoms with E-state index in [9.17, 15) is 26.7 Å². The van der Waals surface area contributed by atoms with Crippen LogP contribution < -0.4 is 14.8 Å².